The normalized spacial score (nSPS) is 10.2. The van der Waals surface area contributed by atoms with Crippen LogP contribution in [-0.4, -0.2) is 11.8 Å². The van der Waals surface area contributed by atoms with E-state index in [2.05, 4.69) is 15.9 Å². The van der Waals surface area contributed by atoms with Crippen LogP contribution in [0, 0.1) is 5.82 Å². The molecule has 0 aliphatic carbocycles. The number of nitrogens with zero attached hydrogens (tertiary/aromatic N) is 1. The number of imide groups is 1. The first-order chi connectivity index (χ1) is 7.88. The van der Waals surface area contributed by atoms with Gasteiger partial charge in [0.1, 0.15) is 5.82 Å². The molecule has 0 unspecified atom stereocenters. The van der Waals surface area contributed by atoms with E-state index in [4.69, 9.17) is 11.6 Å². The third-order valence-electron chi connectivity index (χ3n) is 2.13. The Morgan fingerprint density at radius 2 is 1.88 bits per heavy atom. The minimum atomic E-state index is -0.704. The molecule has 0 fully saturated rings. The van der Waals surface area contributed by atoms with Gasteiger partial charge in [0.25, 0.3) is 0 Å². The molecule has 0 bridgehead atoms. The lowest BCUT2D eigenvalue weighted by Crippen LogP contribution is -2.33. The van der Waals surface area contributed by atoms with Crippen molar-refractivity contribution in [3.63, 3.8) is 0 Å². The molecule has 0 N–H and O–H groups in total. The van der Waals surface area contributed by atoms with E-state index in [1.54, 1.807) is 0 Å². The molecule has 0 aliphatic heterocycles. The molecule has 1 aromatic carbocycles. The van der Waals surface area contributed by atoms with Crippen LogP contribution in [0.2, 0.25) is 5.02 Å². The molecular weight excluding hydrogens is 312 g/mol. The molecule has 0 heterocycles. The Morgan fingerprint density at radius 1 is 1.35 bits per heavy atom. The number of halogens is 3. The van der Waals surface area contributed by atoms with Crippen molar-refractivity contribution >= 4 is 45.0 Å². The average molecular weight is 323 g/mol. The highest BCUT2D eigenvalue weighted by Gasteiger charge is 2.21. The SMILES string of the molecule is CC(=O)N(C(C)=O)c1cc(CBr)c(Cl)cc1F. The van der Waals surface area contributed by atoms with E-state index >= 15 is 0 Å². The first-order valence-corrected chi connectivity index (χ1v) is 6.23. The molecule has 0 saturated heterocycles. The van der Waals surface area contributed by atoms with Crippen molar-refractivity contribution in [1.29, 1.82) is 0 Å². The Bertz CT molecular complexity index is 465. The molecule has 0 spiro atoms. The van der Waals surface area contributed by atoms with Crippen molar-refractivity contribution in [2.24, 2.45) is 0 Å². The summed E-state index contributed by atoms with van der Waals surface area (Å²) < 4.78 is 13.7. The van der Waals surface area contributed by atoms with Gasteiger partial charge in [-0.3, -0.25) is 9.59 Å². The lowest BCUT2D eigenvalue weighted by molar-refractivity contribution is -0.124. The van der Waals surface area contributed by atoms with Gasteiger partial charge in [0.2, 0.25) is 11.8 Å². The largest absolute Gasteiger partial charge is 0.274 e. The smallest absolute Gasteiger partial charge is 0.230 e. The van der Waals surface area contributed by atoms with Gasteiger partial charge in [-0.2, -0.15) is 0 Å². The van der Waals surface area contributed by atoms with E-state index in [-0.39, 0.29) is 10.7 Å². The molecule has 0 aromatic heterocycles. The van der Waals surface area contributed by atoms with E-state index in [0.717, 1.165) is 11.0 Å². The summed E-state index contributed by atoms with van der Waals surface area (Å²) in [5, 5.41) is 0.651. The molecule has 0 saturated carbocycles. The van der Waals surface area contributed by atoms with Gasteiger partial charge < -0.3 is 0 Å². The van der Waals surface area contributed by atoms with E-state index < -0.39 is 17.6 Å². The first-order valence-electron chi connectivity index (χ1n) is 4.73. The van der Waals surface area contributed by atoms with Gasteiger partial charge in [-0.1, -0.05) is 27.5 Å². The Hall–Kier alpha value is -0.940. The van der Waals surface area contributed by atoms with Crippen LogP contribution in [0.4, 0.5) is 10.1 Å². The summed E-state index contributed by atoms with van der Waals surface area (Å²) >= 11 is 9.00. The average Bonchev–Trinajstić information content (AvgIpc) is 2.20. The maximum absolute atomic E-state index is 13.7. The Morgan fingerprint density at radius 3 is 2.29 bits per heavy atom. The zero-order valence-electron chi connectivity index (χ0n) is 9.26. The Balaban J connectivity index is 3.38. The summed E-state index contributed by atoms with van der Waals surface area (Å²) in [5.41, 5.74) is 0.527. The fourth-order valence-electron chi connectivity index (χ4n) is 1.42. The van der Waals surface area contributed by atoms with Crippen LogP contribution < -0.4 is 4.90 Å². The fourth-order valence-corrected chi connectivity index (χ4v) is 2.26. The topological polar surface area (TPSA) is 37.4 Å². The molecule has 1 rings (SSSR count). The number of alkyl halides is 1. The van der Waals surface area contributed by atoms with Crippen molar-refractivity contribution in [3.8, 4) is 0 Å². The van der Waals surface area contributed by atoms with Gasteiger partial charge in [0.05, 0.1) is 5.69 Å². The number of carbonyl (C=O) groups excluding carboxylic acids is 2. The number of carbonyl (C=O) groups is 2. The fraction of sp³-hybridized carbons (Fsp3) is 0.273. The summed E-state index contributed by atoms with van der Waals surface area (Å²) in [7, 11) is 0. The number of anilines is 1. The maximum Gasteiger partial charge on any atom is 0.230 e. The van der Waals surface area contributed by atoms with Gasteiger partial charge in [-0.15, -0.1) is 0 Å². The van der Waals surface area contributed by atoms with E-state index in [9.17, 15) is 14.0 Å². The van der Waals surface area contributed by atoms with Gasteiger partial charge in [-0.05, 0) is 17.7 Å². The van der Waals surface area contributed by atoms with Gasteiger partial charge >= 0.3 is 0 Å². The van der Waals surface area contributed by atoms with Crippen LogP contribution in [0.15, 0.2) is 12.1 Å². The van der Waals surface area contributed by atoms with Crippen molar-refractivity contribution in [2.45, 2.75) is 19.2 Å². The Labute approximate surface area is 112 Å². The zero-order chi connectivity index (χ0) is 13.2. The lowest BCUT2D eigenvalue weighted by atomic mass is 10.2. The van der Waals surface area contributed by atoms with Gasteiger partial charge in [0, 0.05) is 24.2 Å². The standard InChI is InChI=1S/C11H10BrClFNO2/c1-6(16)15(7(2)17)11-3-8(5-12)9(13)4-10(11)14/h3-4H,5H2,1-2H3. The van der Waals surface area contributed by atoms with Crippen LogP contribution in [-0.2, 0) is 14.9 Å². The second-order valence-electron chi connectivity index (χ2n) is 3.40. The molecular formula is C11H10BrClFNO2. The molecule has 0 radical (unpaired) electrons. The first kappa shape index (κ1) is 14.1. The van der Waals surface area contributed by atoms with Crippen molar-refractivity contribution in [2.75, 3.05) is 4.90 Å². The predicted octanol–water partition coefficient (Wildman–Crippen LogP) is 3.27. The maximum atomic E-state index is 13.7. The quantitative estimate of drug-likeness (QED) is 0.784. The molecule has 6 heteroatoms. The van der Waals surface area contributed by atoms with Crippen molar-refractivity contribution in [3.05, 3.63) is 28.5 Å². The second-order valence-corrected chi connectivity index (χ2v) is 4.37. The Kier molecular flexibility index (Phi) is 4.65. The number of rotatable bonds is 2. The highest BCUT2D eigenvalue weighted by Crippen LogP contribution is 2.28. The summed E-state index contributed by atoms with van der Waals surface area (Å²) in [6.45, 7) is 2.40. The minimum Gasteiger partial charge on any atom is -0.274 e. The van der Waals surface area contributed by atoms with Crippen molar-refractivity contribution in [1.82, 2.24) is 0 Å². The van der Waals surface area contributed by atoms with Crippen LogP contribution in [0.25, 0.3) is 0 Å². The lowest BCUT2D eigenvalue weighted by Gasteiger charge is -2.19. The van der Waals surface area contributed by atoms with Crippen LogP contribution in [0.1, 0.15) is 19.4 Å². The monoisotopic (exact) mass is 321 g/mol. The third kappa shape index (κ3) is 3.04. The van der Waals surface area contributed by atoms with E-state index in [0.29, 0.717) is 10.9 Å². The molecule has 92 valence electrons. The van der Waals surface area contributed by atoms with Crippen LogP contribution >= 0.6 is 27.5 Å². The zero-order valence-corrected chi connectivity index (χ0v) is 11.6. The molecule has 1 aromatic rings. The minimum absolute atomic E-state index is 0.0798. The highest BCUT2D eigenvalue weighted by molar-refractivity contribution is 9.08. The number of benzene rings is 1. The summed E-state index contributed by atoms with van der Waals surface area (Å²) in [6.07, 6.45) is 0. The molecule has 17 heavy (non-hydrogen) atoms. The van der Waals surface area contributed by atoms with E-state index in [1.165, 1.54) is 19.9 Å². The molecule has 0 aliphatic rings. The molecule has 2 amide bonds. The van der Waals surface area contributed by atoms with Gasteiger partial charge in [0.15, 0.2) is 0 Å². The van der Waals surface area contributed by atoms with Gasteiger partial charge in [-0.25, -0.2) is 9.29 Å². The number of hydrogen-bond donors (Lipinski definition) is 0. The summed E-state index contributed by atoms with van der Waals surface area (Å²) in [6, 6.07) is 2.47. The third-order valence-corrected chi connectivity index (χ3v) is 3.09. The summed E-state index contributed by atoms with van der Waals surface area (Å²) in [5.74, 6) is -1.79. The van der Waals surface area contributed by atoms with Crippen molar-refractivity contribution < 1.29 is 14.0 Å². The summed E-state index contributed by atoms with van der Waals surface area (Å²) in [4.78, 5) is 23.4. The second kappa shape index (κ2) is 5.60. The van der Waals surface area contributed by atoms with Crippen LogP contribution in [0.5, 0.6) is 0 Å². The molecule has 3 nitrogen and oxygen atoms in total. The number of hydrogen-bond acceptors (Lipinski definition) is 2. The predicted molar refractivity (Wildman–Crippen MR) is 67.9 cm³/mol. The van der Waals surface area contributed by atoms with Crippen LogP contribution in [0.3, 0.4) is 0 Å². The number of amides is 2. The highest BCUT2D eigenvalue weighted by atomic mass is 79.9. The molecule has 0 atom stereocenters. The van der Waals surface area contributed by atoms with E-state index in [1.807, 2.05) is 0 Å².